The Hall–Kier alpha value is -5.37. The number of esters is 1. The topological polar surface area (TPSA) is 102 Å². The molecular formula is C32H27N3O5. The van der Waals surface area contributed by atoms with Crippen molar-refractivity contribution in [3.05, 3.63) is 113 Å². The first-order chi connectivity index (χ1) is 19.5. The molecule has 8 nitrogen and oxygen atoms in total. The number of fused-ring (bicyclic) bond motifs is 1. The monoisotopic (exact) mass is 533 g/mol. The van der Waals surface area contributed by atoms with Gasteiger partial charge in [0.05, 0.1) is 36.9 Å². The second-order valence-electron chi connectivity index (χ2n) is 8.96. The van der Waals surface area contributed by atoms with Gasteiger partial charge in [0.15, 0.2) is 0 Å². The zero-order valence-electron chi connectivity index (χ0n) is 22.2. The van der Waals surface area contributed by atoms with Crippen LogP contribution in [-0.4, -0.2) is 37.3 Å². The number of nitrogens with zero attached hydrogens (tertiary/aromatic N) is 1. The van der Waals surface area contributed by atoms with Crippen LogP contribution in [0.5, 0.6) is 17.2 Å². The number of ether oxygens (including phenoxy) is 3. The number of rotatable bonds is 8. The molecule has 0 unspecified atom stereocenters. The van der Waals surface area contributed by atoms with E-state index in [4.69, 9.17) is 14.2 Å². The van der Waals surface area contributed by atoms with E-state index >= 15 is 0 Å². The lowest BCUT2D eigenvalue weighted by Crippen LogP contribution is -2.19. The summed E-state index contributed by atoms with van der Waals surface area (Å²) in [6.45, 7) is 1.91. The van der Waals surface area contributed by atoms with E-state index in [9.17, 15) is 9.59 Å². The minimum absolute atomic E-state index is 0.292. The summed E-state index contributed by atoms with van der Waals surface area (Å²) in [4.78, 5) is 29.3. The quantitative estimate of drug-likeness (QED) is 0.108. The molecule has 0 aliphatic heterocycles. The minimum atomic E-state index is -0.484. The number of amides is 1. The summed E-state index contributed by atoms with van der Waals surface area (Å²) >= 11 is 0. The average Bonchev–Trinajstić information content (AvgIpc) is 3.39. The standard InChI is InChI=1S/C32H27N3O5/c1-20-10-9-14-22(18-20)32(37)40-24-15-8-7-13-23(24)19-33-35-31(36)30-27(21-11-5-4-6-12-21)28-25(38-2)16-17-26(39-3)29(28)34-30/h4-19,34H,1-3H3,(H,35,36). The number of aromatic nitrogens is 1. The summed E-state index contributed by atoms with van der Waals surface area (Å²) in [6, 6.07) is 27.2. The first kappa shape index (κ1) is 26.2. The van der Waals surface area contributed by atoms with Crippen LogP contribution in [-0.2, 0) is 0 Å². The highest BCUT2D eigenvalue weighted by Gasteiger charge is 2.24. The zero-order chi connectivity index (χ0) is 28.1. The van der Waals surface area contributed by atoms with Crippen LogP contribution in [0.4, 0.5) is 0 Å². The fourth-order valence-electron chi connectivity index (χ4n) is 4.48. The second kappa shape index (κ2) is 11.6. The van der Waals surface area contributed by atoms with Crippen molar-refractivity contribution in [1.29, 1.82) is 0 Å². The number of H-pyrrole nitrogens is 1. The van der Waals surface area contributed by atoms with Crippen molar-refractivity contribution in [1.82, 2.24) is 10.4 Å². The normalized spacial score (nSPS) is 11.0. The summed E-state index contributed by atoms with van der Waals surface area (Å²) in [5.74, 6) is 0.529. The minimum Gasteiger partial charge on any atom is -0.496 e. The highest BCUT2D eigenvalue weighted by Crippen LogP contribution is 2.42. The number of para-hydroxylation sites is 1. The Bertz CT molecular complexity index is 1720. The SMILES string of the molecule is COc1ccc(OC)c2c(-c3ccccc3)c(C(=O)NN=Cc3ccccc3OC(=O)c3cccc(C)c3)[nH]c12. The maximum atomic E-state index is 13.5. The Morgan fingerprint density at radius 2 is 1.55 bits per heavy atom. The zero-order valence-corrected chi connectivity index (χ0v) is 22.2. The van der Waals surface area contributed by atoms with Crippen molar-refractivity contribution >= 4 is 29.0 Å². The molecule has 0 saturated carbocycles. The Morgan fingerprint density at radius 3 is 2.30 bits per heavy atom. The molecule has 0 fully saturated rings. The van der Waals surface area contributed by atoms with Gasteiger partial charge in [-0.25, -0.2) is 10.2 Å². The molecule has 1 amide bonds. The Labute approximate surface area is 231 Å². The third-order valence-corrected chi connectivity index (χ3v) is 6.35. The molecule has 0 spiro atoms. The molecule has 8 heteroatoms. The van der Waals surface area contributed by atoms with E-state index in [-0.39, 0.29) is 0 Å². The maximum absolute atomic E-state index is 13.5. The number of aryl methyl sites for hydroxylation is 1. The van der Waals surface area contributed by atoms with E-state index in [0.29, 0.717) is 45.1 Å². The van der Waals surface area contributed by atoms with Gasteiger partial charge < -0.3 is 19.2 Å². The van der Waals surface area contributed by atoms with Crippen molar-refractivity contribution in [3.63, 3.8) is 0 Å². The molecule has 5 rings (SSSR count). The number of carbonyl (C=O) groups excluding carboxylic acids is 2. The molecule has 0 radical (unpaired) electrons. The van der Waals surface area contributed by atoms with Crippen LogP contribution < -0.4 is 19.6 Å². The molecule has 0 aliphatic carbocycles. The van der Waals surface area contributed by atoms with Gasteiger partial charge in [0.2, 0.25) is 0 Å². The van der Waals surface area contributed by atoms with E-state index in [2.05, 4.69) is 15.5 Å². The van der Waals surface area contributed by atoms with E-state index in [1.807, 2.05) is 43.3 Å². The molecule has 1 aromatic heterocycles. The largest absolute Gasteiger partial charge is 0.496 e. The van der Waals surface area contributed by atoms with Gasteiger partial charge in [0.1, 0.15) is 22.9 Å². The average molecular weight is 534 g/mol. The van der Waals surface area contributed by atoms with E-state index in [0.717, 1.165) is 16.5 Å². The number of aromatic amines is 1. The Morgan fingerprint density at radius 1 is 0.825 bits per heavy atom. The first-order valence-electron chi connectivity index (χ1n) is 12.5. The van der Waals surface area contributed by atoms with Gasteiger partial charge in [-0.15, -0.1) is 0 Å². The van der Waals surface area contributed by atoms with Crippen LogP contribution >= 0.6 is 0 Å². The lowest BCUT2D eigenvalue weighted by atomic mass is 10.0. The number of hydrazone groups is 1. The molecule has 1 heterocycles. The molecule has 4 aromatic carbocycles. The number of hydrogen-bond donors (Lipinski definition) is 2. The van der Waals surface area contributed by atoms with Gasteiger partial charge in [-0.05, 0) is 48.9 Å². The number of benzene rings is 4. The van der Waals surface area contributed by atoms with Crippen LogP contribution in [0.3, 0.4) is 0 Å². The highest BCUT2D eigenvalue weighted by atomic mass is 16.5. The molecule has 2 N–H and O–H groups in total. The molecule has 200 valence electrons. The van der Waals surface area contributed by atoms with E-state index < -0.39 is 11.9 Å². The summed E-state index contributed by atoms with van der Waals surface area (Å²) in [5.41, 5.74) is 6.91. The summed E-state index contributed by atoms with van der Waals surface area (Å²) < 4.78 is 16.8. The third kappa shape index (κ3) is 5.28. The molecular weight excluding hydrogens is 506 g/mol. The number of hydrogen-bond acceptors (Lipinski definition) is 6. The lowest BCUT2D eigenvalue weighted by molar-refractivity contribution is 0.0734. The molecule has 0 bridgehead atoms. The number of carbonyl (C=O) groups is 2. The molecule has 0 saturated heterocycles. The second-order valence-corrected chi connectivity index (χ2v) is 8.96. The molecule has 0 atom stereocenters. The Kier molecular flexibility index (Phi) is 7.59. The predicted molar refractivity (Wildman–Crippen MR) is 154 cm³/mol. The van der Waals surface area contributed by atoms with E-state index in [1.54, 1.807) is 68.8 Å². The number of methoxy groups -OCH3 is 2. The van der Waals surface area contributed by atoms with Crippen LogP contribution in [0.2, 0.25) is 0 Å². The lowest BCUT2D eigenvalue weighted by Gasteiger charge is -2.09. The summed E-state index contributed by atoms with van der Waals surface area (Å²) in [7, 11) is 3.15. The smallest absolute Gasteiger partial charge is 0.343 e. The highest BCUT2D eigenvalue weighted by molar-refractivity contribution is 6.13. The van der Waals surface area contributed by atoms with Crippen LogP contribution in [0.1, 0.15) is 32.0 Å². The van der Waals surface area contributed by atoms with Gasteiger partial charge in [0, 0.05) is 11.1 Å². The third-order valence-electron chi connectivity index (χ3n) is 6.35. The fraction of sp³-hybridized carbons (Fsp3) is 0.0938. The van der Waals surface area contributed by atoms with Crippen molar-refractivity contribution in [2.45, 2.75) is 6.92 Å². The van der Waals surface area contributed by atoms with Crippen LogP contribution in [0, 0.1) is 6.92 Å². The van der Waals surface area contributed by atoms with Crippen molar-refractivity contribution in [3.8, 4) is 28.4 Å². The van der Waals surface area contributed by atoms with Gasteiger partial charge in [-0.2, -0.15) is 5.10 Å². The predicted octanol–water partition coefficient (Wildman–Crippen LogP) is 6.14. The first-order valence-corrected chi connectivity index (χ1v) is 12.5. The van der Waals surface area contributed by atoms with Gasteiger partial charge >= 0.3 is 5.97 Å². The molecule has 0 aliphatic rings. The van der Waals surface area contributed by atoms with Gasteiger partial charge in [0.25, 0.3) is 5.91 Å². The van der Waals surface area contributed by atoms with Crippen molar-refractivity contribution in [2.24, 2.45) is 5.10 Å². The summed E-state index contributed by atoms with van der Waals surface area (Å²) in [5, 5.41) is 4.88. The molecule has 40 heavy (non-hydrogen) atoms. The van der Waals surface area contributed by atoms with E-state index in [1.165, 1.54) is 6.21 Å². The van der Waals surface area contributed by atoms with Crippen LogP contribution in [0.15, 0.2) is 96.1 Å². The summed E-state index contributed by atoms with van der Waals surface area (Å²) in [6.07, 6.45) is 1.43. The van der Waals surface area contributed by atoms with Gasteiger partial charge in [-0.1, -0.05) is 60.2 Å². The van der Waals surface area contributed by atoms with Crippen LogP contribution in [0.25, 0.3) is 22.0 Å². The van der Waals surface area contributed by atoms with Gasteiger partial charge in [-0.3, -0.25) is 4.79 Å². The Balaban J connectivity index is 1.45. The van der Waals surface area contributed by atoms with Crippen molar-refractivity contribution < 1.29 is 23.8 Å². The van der Waals surface area contributed by atoms with Crippen molar-refractivity contribution in [2.75, 3.05) is 14.2 Å². The fourth-order valence-corrected chi connectivity index (χ4v) is 4.48. The number of nitrogens with one attached hydrogen (secondary N) is 2. The molecule has 5 aromatic rings. The maximum Gasteiger partial charge on any atom is 0.343 e.